The van der Waals surface area contributed by atoms with Crippen LogP contribution in [0.2, 0.25) is 0 Å². The molecular weight excluding hydrogens is 419 g/mol. The zero-order valence-corrected chi connectivity index (χ0v) is 17.9. The predicted molar refractivity (Wildman–Crippen MR) is 111 cm³/mol. The van der Waals surface area contributed by atoms with E-state index >= 15 is 0 Å². The van der Waals surface area contributed by atoms with Gasteiger partial charge in [0.2, 0.25) is 5.75 Å². The molecule has 1 aliphatic rings. The Kier molecular flexibility index (Phi) is 5.51. The third-order valence-corrected chi connectivity index (χ3v) is 5.23. The summed E-state index contributed by atoms with van der Waals surface area (Å²) in [7, 11) is 0. The van der Waals surface area contributed by atoms with Gasteiger partial charge in [0.15, 0.2) is 5.69 Å². The number of fused-ring (bicyclic) bond motifs is 1. The molecule has 0 saturated heterocycles. The Bertz CT molecular complexity index is 1250. The fourth-order valence-electron chi connectivity index (χ4n) is 3.60. The molecule has 1 aromatic carbocycles. The molecule has 0 atom stereocenters. The topological polar surface area (TPSA) is 124 Å². The van der Waals surface area contributed by atoms with Gasteiger partial charge in [-0.1, -0.05) is 19.9 Å². The minimum absolute atomic E-state index is 0.0145. The van der Waals surface area contributed by atoms with Gasteiger partial charge in [-0.2, -0.15) is 5.10 Å². The highest BCUT2D eigenvalue weighted by Crippen LogP contribution is 2.25. The monoisotopic (exact) mass is 442 g/mol. The fourth-order valence-corrected chi connectivity index (χ4v) is 3.60. The van der Waals surface area contributed by atoms with Crippen LogP contribution in [-0.4, -0.2) is 48.5 Å². The molecule has 1 aliphatic heterocycles. The normalized spacial score (nSPS) is 15.1. The van der Waals surface area contributed by atoms with Crippen LogP contribution in [0, 0.1) is 12.7 Å². The summed E-state index contributed by atoms with van der Waals surface area (Å²) in [5.74, 6) is -1.05. The molecule has 0 bridgehead atoms. The van der Waals surface area contributed by atoms with Crippen molar-refractivity contribution in [2.45, 2.75) is 39.3 Å². The minimum atomic E-state index is -0.728. The summed E-state index contributed by atoms with van der Waals surface area (Å²) < 4.78 is 22.1. The van der Waals surface area contributed by atoms with Crippen molar-refractivity contribution in [3.8, 4) is 11.4 Å². The summed E-state index contributed by atoms with van der Waals surface area (Å²) in [5, 5.41) is 17.2. The number of aryl methyl sites for hydroxylation is 1. The zero-order valence-electron chi connectivity index (χ0n) is 17.9. The molecular formula is C21H23FN6O4. The Labute approximate surface area is 182 Å². The number of hydrogen-bond acceptors (Lipinski definition) is 7. The Morgan fingerprint density at radius 2 is 2.16 bits per heavy atom. The van der Waals surface area contributed by atoms with Gasteiger partial charge in [-0.15, -0.1) is 0 Å². The van der Waals surface area contributed by atoms with E-state index in [1.54, 1.807) is 6.92 Å². The quantitative estimate of drug-likeness (QED) is 0.622. The van der Waals surface area contributed by atoms with Gasteiger partial charge in [0.05, 0.1) is 25.4 Å². The van der Waals surface area contributed by atoms with E-state index in [9.17, 15) is 19.1 Å². The molecule has 168 valence electrons. The van der Waals surface area contributed by atoms with Gasteiger partial charge in [0, 0.05) is 12.0 Å². The van der Waals surface area contributed by atoms with E-state index < -0.39 is 28.4 Å². The van der Waals surface area contributed by atoms with Crippen LogP contribution in [0.5, 0.6) is 5.75 Å². The molecule has 2 N–H and O–H groups in total. The lowest BCUT2D eigenvalue weighted by atomic mass is 9.93. The smallest absolute Gasteiger partial charge is 0.296 e. The summed E-state index contributed by atoms with van der Waals surface area (Å²) in [4.78, 5) is 34.0. The van der Waals surface area contributed by atoms with E-state index in [4.69, 9.17) is 4.74 Å². The summed E-state index contributed by atoms with van der Waals surface area (Å²) >= 11 is 0. The van der Waals surface area contributed by atoms with Crippen LogP contribution in [0.1, 0.15) is 41.5 Å². The van der Waals surface area contributed by atoms with Crippen molar-refractivity contribution in [2.24, 2.45) is 0 Å². The first-order valence-corrected chi connectivity index (χ1v) is 10.0. The maximum Gasteiger partial charge on any atom is 0.296 e. The molecule has 0 unspecified atom stereocenters. The average molecular weight is 442 g/mol. The molecule has 0 spiro atoms. The summed E-state index contributed by atoms with van der Waals surface area (Å²) in [6, 6.07) is 4.06. The number of benzene rings is 1. The molecule has 0 radical (unpaired) electrons. The highest BCUT2D eigenvalue weighted by atomic mass is 19.1. The molecule has 3 heterocycles. The number of aromatic nitrogens is 5. The van der Waals surface area contributed by atoms with Gasteiger partial charge >= 0.3 is 0 Å². The van der Waals surface area contributed by atoms with Crippen LogP contribution in [0.15, 0.2) is 29.3 Å². The minimum Gasteiger partial charge on any atom is -0.501 e. The molecule has 11 heteroatoms. The number of nitrogens with zero attached hydrogens (tertiary/aromatic N) is 5. The number of rotatable bonds is 4. The number of ether oxygens (including phenoxy) is 1. The van der Waals surface area contributed by atoms with E-state index in [2.05, 4.69) is 20.4 Å². The second-order valence-electron chi connectivity index (χ2n) is 8.22. The van der Waals surface area contributed by atoms with E-state index in [-0.39, 0.29) is 18.8 Å². The molecule has 1 amide bonds. The van der Waals surface area contributed by atoms with Crippen LogP contribution in [-0.2, 0) is 23.2 Å². The molecule has 10 nitrogen and oxygen atoms in total. The number of carbonyl (C=O) groups excluding carboxylic acids is 1. The maximum atomic E-state index is 13.8. The van der Waals surface area contributed by atoms with Crippen LogP contribution in [0.25, 0.3) is 5.69 Å². The zero-order chi connectivity index (χ0) is 23.0. The molecule has 2 aromatic heterocycles. The Morgan fingerprint density at radius 1 is 1.38 bits per heavy atom. The summed E-state index contributed by atoms with van der Waals surface area (Å²) in [6.45, 7) is 6.24. The standard InChI is InChI=1S/C21H23FN6O4/c1-12-24-11-28(26-12)15-8-14(22)5-4-13(15)9-23-18(30)16-17(29)19(31)27-6-7-32-10-21(2,3)20(27)25-16/h4-5,8,11,29H,6-7,9-10H2,1-3H3,(H,23,30). The van der Waals surface area contributed by atoms with Crippen molar-refractivity contribution in [3.63, 3.8) is 0 Å². The number of aromatic hydroxyl groups is 1. The van der Waals surface area contributed by atoms with Crippen molar-refractivity contribution in [2.75, 3.05) is 13.2 Å². The van der Waals surface area contributed by atoms with Crippen molar-refractivity contribution < 1.29 is 19.0 Å². The van der Waals surface area contributed by atoms with Crippen molar-refractivity contribution in [3.05, 3.63) is 63.6 Å². The third-order valence-electron chi connectivity index (χ3n) is 5.23. The first-order chi connectivity index (χ1) is 15.2. The lowest BCUT2D eigenvalue weighted by molar-refractivity contribution is 0.0939. The van der Waals surface area contributed by atoms with Gasteiger partial charge in [-0.3, -0.25) is 14.2 Å². The van der Waals surface area contributed by atoms with E-state index in [1.807, 2.05) is 13.8 Å². The van der Waals surface area contributed by atoms with Crippen molar-refractivity contribution in [1.29, 1.82) is 0 Å². The lowest BCUT2D eigenvalue weighted by Gasteiger charge is -2.24. The predicted octanol–water partition coefficient (Wildman–Crippen LogP) is 1.21. The SMILES string of the molecule is Cc1ncn(-c2cc(F)ccc2CNC(=O)c2nc3n(c(=O)c2O)CCOCC3(C)C)n1. The fraction of sp³-hybridized carbons (Fsp3) is 0.381. The van der Waals surface area contributed by atoms with Crippen molar-refractivity contribution in [1.82, 2.24) is 29.6 Å². The first kappa shape index (κ1) is 21.6. The molecule has 4 rings (SSSR count). The van der Waals surface area contributed by atoms with E-state index in [1.165, 1.54) is 33.8 Å². The number of hydrogen-bond donors (Lipinski definition) is 2. The number of amides is 1. The summed E-state index contributed by atoms with van der Waals surface area (Å²) in [5.41, 5.74) is -0.725. The van der Waals surface area contributed by atoms with Crippen LogP contribution >= 0.6 is 0 Å². The molecule has 0 saturated carbocycles. The van der Waals surface area contributed by atoms with Crippen LogP contribution in [0.3, 0.4) is 0 Å². The van der Waals surface area contributed by atoms with Gasteiger partial charge in [-0.05, 0) is 24.6 Å². The number of nitrogens with one attached hydrogen (secondary N) is 1. The lowest BCUT2D eigenvalue weighted by Crippen LogP contribution is -2.36. The van der Waals surface area contributed by atoms with Gasteiger partial charge in [0.1, 0.15) is 23.8 Å². The van der Waals surface area contributed by atoms with E-state index in [0.717, 1.165) is 0 Å². The van der Waals surface area contributed by atoms with Gasteiger partial charge < -0.3 is 15.2 Å². The largest absolute Gasteiger partial charge is 0.501 e. The number of carbonyl (C=O) groups is 1. The Morgan fingerprint density at radius 3 is 2.88 bits per heavy atom. The molecule has 3 aromatic rings. The summed E-state index contributed by atoms with van der Waals surface area (Å²) in [6.07, 6.45) is 1.44. The van der Waals surface area contributed by atoms with Crippen molar-refractivity contribution >= 4 is 5.91 Å². The highest BCUT2D eigenvalue weighted by molar-refractivity contribution is 5.94. The molecule has 0 fully saturated rings. The Balaban J connectivity index is 1.65. The maximum absolute atomic E-state index is 13.8. The van der Waals surface area contributed by atoms with Crippen LogP contribution < -0.4 is 10.9 Å². The first-order valence-electron chi connectivity index (χ1n) is 10.0. The number of halogens is 1. The average Bonchev–Trinajstić information content (AvgIpc) is 3.12. The van der Waals surface area contributed by atoms with Gasteiger partial charge in [-0.25, -0.2) is 19.0 Å². The third kappa shape index (κ3) is 3.98. The molecule has 32 heavy (non-hydrogen) atoms. The second-order valence-corrected chi connectivity index (χ2v) is 8.22. The van der Waals surface area contributed by atoms with Gasteiger partial charge in [0.25, 0.3) is 11.5 Å². The Hall–Kier alpha value is -3.60. The molecule has 0 aliphatic carbocycles. The highest BCUT2D eigenvalue weighted by Gasteiger charge is 2.32. The van der Waals surface area contributed by atoms with Crippen LogP contribution in [0.4, 0.5) is 4.39 Å². The second kappa shape index (κ2) is 8.15. The van der Waals surface area contributed by atoms with E-state index in [0.29, 0.717) is 36.1 Å².